The molecule has 0 saturated heterocycles. The van der Waals surface area contributed by atoms with E-state index in [4.69, 9.17) is 10.7 Å². The Kier molecular flexibility index (Phi) is 4.12. The maximum atomic E-state index is 13.2. The van der Waals surface area contributed by atoms with Crippen LogP contribution in [0, 0.1) is 12.7 Å². The zero-order valence-electron chi connectivity index (χ0n) is 12.6. The molecule has 0 aliphatic rings. The molecule has 4 heteroatoms. The maximum absolute atomic E-state index is 13.2. The van der Waals surface area contributed by atoms with E-state index < -0.39 is 0 Å². The summed E-state index contributed by atoms with van der Waals surface area (Å²) in [6.45, 7) is 8.20. The summed E-state index contributed by atoms with van der Waals surface area (Å²) in [6, 6.07) is 4.99. The van der Waals surface area contributed by atoms with E-state index in [1.807, 2.05) is 6.92 Å². The lowest BCUT2D eigenvalue weighted by molar-refractivity contribution is 0.571. The molecule has 0 aliphatic carbocycles. The second-order valence-corrected chi connectivity index (χ2v) is 5.43. The van der Waals surface area contributed by atoms with Crippen LogP contribution in [0.4, 0.5) is 10.2 Å². The molecular weight excluding hydrogens is 253 g/mol. The maximum Gasteiger partial charge on any atom is 0.131 e. The second-order valence-electron chi connectivity index (χ2n) is 5.43. The minimum absolute atomic E-state index is 0.234. The number of nitrogens with zero attached hydrogens (tertiary/aromatic N) is 2. The highest BCUT2D eigenvalue weighted by atomic mass is 19.1. The fourth-order valence-electron chi connectivity index (χ4n) is 2.56. The van der Waals surface area contributed by atoms with E-state index in [-0.39, 0.29) is 11.9 Å². The molecule has 0 radical (unpaired) electrons. The average Bonchev–Trinajstić information content (AvgIpc) is 2.67. The second kappa shape index (κ2) is 5.65. The molecule has 0 fully saturated rings. The van der Waals surface area contributed by atoms with E-state index in [1.54, 1.807) is 6.07 Å². The molecule has 0 unspecified atom stereocenters. The number of halogens is 1. The van der Waals surface area contributed by atoms with Crippen molar-refractivity contribution in [2.24, 2.45) is 0 Å². The van der Waals surface area contributed by atoms with Gasteiger partial charge in [-0.1, -0.05) is 6.92 Å². The van der Waals surface area contributed by atoms with Crippen LogP contribution in [0.25, 0.3) is 11.3 Å². The van der Waals surface area contributed by atoms with E-state index >= 15 is 0 Å². The quantitative estimate of drug-likeness (QED) is 0.912. The van der Waals surface area contributed by atoms with Crippen LogP contribution < -0.4 is 5.73 Å². The Morgan fingerprint density at radius 1 is 1.35 bits per heavy atom. The van der Waals surface area contributed by atoms with Crippen LogP contribution in [-0.2, 0) is 6.42 Å². The Balaban J connectivity index is 2.60. The van der Waals surface area contributed by atoms with Crippen LogP contribution >= 0.6 is 0 Å². The summed E-state index contributed by atoms with van der Waals surface area (Å²) < 4.78 is 15.3. The minimum atomic E-state index is -0.234. The molecule has 0 bridgehead atoms. The molecule has 2 aromatic rings. The predicted molar refractivity (Wildman–Crippen MR) is 81.2 cm³/mol. The van der Waals surface area contributed by atoms with Crippen molar-refractivity contribution < 1.29 is 4.39 Å². The highest BCUT2D eigenvalue weighted by Crippen LogP contribution is 2.31. The highest BCUT2D eigenvalue weighted by Gasteiger charge is 2.18. The van der Waals surface area contributed by atoms with Gasteiger partial charge in [-0.25, -0.2) is 9.37 Å². The van der Waals surface area contributed by atoms with E-state index in [9.17, 15) is 4.39 Å². The summed E-state index contributed by atoms with van der Waals surface area (Å²) in [7, 11) is 0. The van der Waals surface area contributed by atoms with Crippen molar-refractivity contribution in [2.45, 2.75) is 46.6 Å². The van der Waals surface area contributed by atoms with Gasteiger partial charge in [0.05, 0.1) is 0 Å². The highest BCUT2D eigenvalue weighted by molar-refractivity contribution is 5.73. The van der Waals surface area contributed by atoms with Gasteiger partial charge in [0.15, 0.2) is 0 Å². The smallest absolute Gasteiger partial charge is 0.131 e. The van der Waals surface area contributed by atoms with Crippen molar-refractivity contribution in [1.82, 2.24) is 9.55 Å². The van der Waals surface area contributed by atoms with Crippen LogP contribution in [-0.4, -0.2) is 9.55 Å². The molecule has 2 rings (SSSR count). The van der Waals surface area contributed by atoms with Crippen molar-refractivity contribution in [3.63, 3.8) is 0 Å². The number of anilines is 1. The van der Waals surface area contributed by atoms with Crippen molar-refractivity contribution in [3.8, 4) is 11.3 Å². The third-order valence-electron chi connectivity index (χ3n) is 3.45. The molecule has 20 heavy (non-hydrogen) atoms. The Bertz CT molecular complexity index is 614. The predicted octanol–water partition coefficient (Wildman–Crippen LogP) is 4.11. The van der Waals surface area contributed by atoms with Gasteiger partial charge in [-0.05, 0) is 51.0 Å². The number of nitrogens with two attached hydrogens (primary N) is 1. The number of aromatic nitrogens is 2. The first kappa shape index (κ1) is 14.6. The van der Waals surface area contributed by atoms with Crippen molar-refractivity contribution >= 4 is 5.82 Å². The molecule has 1 aromatic heterocycles. The molecule has 0 aliphatic heterocycles. The zero-order chi connectivity index (χ0) is 14.9. The van der Waals surface area contributed by atoms with Crippen LogP contribution in [0.3, 0.4) is 0 Å². The van der Waals surface area contributed by atoms with Gasteiger partial charge < -0.3 is 10.3 Å². The van der Waals surface area contributed by atoms with E-state index in [1.165, 1.54) is 12.1 Å². The lowest BCUT2D eigenvalue weighted by Crippen LogP contribution is -2.09. The van der Waals surface area contributed by atoms with E-state index in [0.717, 1.165) is 35.5 Å². The molecule has 3 nitrogen and oxygen atoms in total. The van der Waals surface area contributed by atoms with Gasteiger partial charge in [-0.3, -0.25) is 0 Å². The number of aryl methyl sites for hydroxylation is 2. The van der Waals surface area contributed by atoms with Crippen LogP contribution in [0.5, 0.6) is 0 Å². The van der Waals surface area contributed by atoms with Gasteiger partial charge in [0.25, 0.3) is 0 Å². The van der Waals surface area contributed by atoms with Crippen molar-refractivity contribution in [3.05, 3.63) is 35.4 Å². The molecule has 1 heterocycles. The van der Waals surface area contributed by atoms with Gasteiger partial charge in [-0.2, -0.15) is 0 Å². The third-order valence-corrected chi connectivity index (χ3v) is 3.45. The molecule has 0 saturated carbocycles. The lowest BCUT2D eigenvalue weighted by Gasteiger charge is -2.13. The minimum Gasteiger partial charge on any atom is -0.383 e. The van der Waals surface area contributed by atoms with E-state index in [2.05, 4.69) is 25.3 Å². The SMILES string of the molecule is CCCc1nc(-c2ccc(F)cc2C)c(N)n1C(C)C. The molecule has 1 aromatic carbocycles. The van der Waals surface area contributed by atoms with Gasteiger partial charge in [0.1, 0.15) is 23.2 Å². The third kappa shape index (κ3) is 2.55. The van der Waals surface area contributed by atoms with E-state index in [0.29, 0.717) is 5.82 Å². The molecule has 108 valence electrons. The normalized spacial score (nSPS) is 11.3. The van der Waals surface area contributed by atoms with Gasteiger partial charge in [-0.15, -0.1) is 0 Å². The van der Waals surface area contributed by atoms with Crippen LogP contribution in [0.2, 0.25) is 0 Å². The topological polar surface area (TPSA) is 43.8 Å². The van der Waals surface area contributed by atoms with Crippen molar-refractivity contribution in [2.75, 3.05) is 5.73 Å². The number of benzene rings is 1. The first-order valence-electron chi connectivity index (χ1n) is 7.08. The fourth-order valence-corrected chi connectivity index (χ4v) is 2.56. The average molecular weight is 275 g/mol. The molecule has 0 spiro atoms. The molecule has 2 N–H and O–H groups in total. The summed E-state index contributed by atoms with van der Waals surface area (Å²) >= 11 is 0. The number of hydrogen-bond donors (Lipinski definition) is 1. The molecular formula is C16H22FN3. The van der Waals surface area contributed by atoms with Gasteiger partial charge >= 0.3 is 0 Å². The Labute approximate surface area is 119 Å². The number of imidazole rings is 1. The van der Waals surface area contributed by atoms with Gasteiger partial charge in [0, 0.05) is 18.0 Å². The number of hydrogen-bond acceptors (Lipinski definition) is 2. The summed E-state index contributed by atoms with van der Waals surface area (Å²) in [5.41, 5.74) is 8.80. The molecule has 0 atom stereocenters. The first-order valence-corrected chi connectivity index (χ1v) is 7.08. The number of nitrogen functional groups attached to an aromatic ring is 1. The largest absolute Gasteiger partial charge is 0.383 e. The van der Waals surface area contributed by atoms with Crippen molar-refractivity contribution in [1.29, 1.82) is 0 Å². The zero-order valence-corrected chi connectivity index (χ0v) is 12.6. The summed E-state index contributed by atoms with van der Waals surface area (Å²) in [5, 5.41) is 0. The molecule has 0 amide bonds. The lowest BCUT2D eigenvalue weighted by atomic mass is 10.1. The summed E-state index contributed by atoms with van der Waals surface area (Å²) in [4.78, 5) is 4.70. The Morgan fingerprint density at radius 2 is 2.05 bits per heavy atom. The first-order chi connectivity index (χ1) is 9.45. The summed E-state index contributed by atoms with van der Waals surface area (Å²) in [6.07, 6.45) is 1.91. The fraction of sp³-hybridized carbons (Fsp3) is 0.438. The van der Waals surface area contributed by atoms with Crippen LogP contribution in [0.15, 0.2) is 18.2 Å². The number of rotatable bonds is 4. The Morgan fingerprint density at radius 3 is 2.60 bits per heavy atom. The van der Waals surface area contributed by atoms with Crippen LogP contribution in [0.1, 0.15) is 44.6 Å². The standard InChI is InChI=1S/C16H22FN3/c1-5-6-14-19-15(16(18)20(14)10(2)3)13-8-7-12(17)9-11(13)4/h7-10H,5-6,18H2,1-4H3. The Hall–Kier alpha value is -1.84. The monoisotopic (exact) mass is 275 g/mol. The van der Waals surface area contributed by atoms with Gasteiger partial charge in [0.2, 0.25) is 0 Å². The summed E-state index contributed by atoms with van der Waals surface area (Å²) in [5.74, 6) is 1.43.